The Morgan fingerprint density at radius 3 is 1.92 bits per heavy atom. The molecule has 1 aliphatic carbocycles. The van der Waals surface area contributed by atoms with Crippen LogP contribution < -0.4 is 9.80 Å². The van der Waals surface area contributed by atoms with Crippen molar-refractivity contribution in [2.45, 2.75) is 122 Å². The summed E-state index contributed by atoms with van der Waals surface area (Å²) in [6.07, 6.45) is -3.13. The van der Waals surface area contributed by atoms with Crippen LogP contribution in [0.5, 0.6) is 0 Å². The van der Waals surface area contributed by atoms with Gasteiger partial charge in [-0.2, -0.15) is 26.3 Å². The third-order valence-corrected chi connectivity index (χ3v) is 10.4. The molecular formula is C35H45F6N5O4. The zero-order valence-electron chi connectivity index (χ0n) is 28.5. The first kappa shape index (κ1) is 37.5. The number of amides is 1. The molecule has 1 aromatic carbocycles. The number of aliphatic carboxylic acids is 1. The van der Waals surface area contributed by atoms with Crippen molar-refractivity contribution in [3.05, 3.63) is 47.3 Å². The molecule has 5 rings (SSSR count). The Morgan fingerprint density at radius 1 is 0.900 bits per heavy atom. The minimum Gasteiger partial charge on any atom is -0.481 e. The van der Waals surface area contributed by atoms with Crippen molar-refractivity contribution in [2.24, 2.45) is 11.8 Å². The number of benzene rings is 1. The second-order valence-corrected chi connectivity index (χ2v) is 14.0. The molecule has 0 bridgehead atoms. The molecule has 1 aromatic heterocycles. The Morgan fingerprint density at radius 2 is 1.46 bits per heavy atom. The predicted molar refractivity (Wildman–Crippen MR) is 174 cm³/mol. The largest absolute Gasteiger partial charge is 0.481 e. The number of likely N-dealkylation sites (tertiary alicyclic amines) is 1. The van der Waals surface area contributed by atoms with Gasteiger partial charge in [0.05, 0.1) is 35.1 Å². The maximum Gasteiger partial charge on any atom is 0.416 e. The van der Waals surface area contributed by atoms with E-state index in [2.05, 4.69) is 21.8 Å². The standard InChI is InChI=1S/C35H45F6N5O4/c1-4-26-15-28(16-27(5-2)46(26)33(49)50-30-8-6-23(7-9-30)31(47)48)45(32-42-17-29(18-43-32)44-11-10-21(3)19-44)20-22-12-24(34(36,37)38)14-25(13-22)35(39,40)41/h12-14,17-18,21,23,26-28,30H,4-11,15-16,19-20H2,1-3H3,(H,47,48)/t21-,23?,26-,27+,28?,30?/m0/s1. The van der Waals surface area contributed by atoms with Gasteiger partial charge in [0.15, 0.2) is 0 Å². The molecule has 9 nitrogen and oxygen atoms in total. The zero-order chi connectivity index (χ0) is 36.4. The van der Waals surface area contributed by atoms with Crippen LogP contribution in [0.2, 0.25) is 0 Å². The number of carbonyl (C=O) groups is 2. The summed E-state index contributed by atoms with van der Waals surface area (Å²) in [6.45, 7) is 7.29. The number of hydrogen-bond acceptors (Lipinski definition) is 7. The summed E-state index contributed by atoms with van der Waals surface area (Å²) in [5.41, 5.74) is -2.19. The van der Waals surface area contributed by atoms with Gasteiger partial charge in [-0.3, -0.25) is 4.79 Å². The molecule has 15 heteroatoms. The molecule has 1 unspecified atom stereocenters. The van der Waals surface area contributed by atoms with E-state index < -0.39 is 53.6 Å². The Kier molecular flexibility index (Phi) is 11.4. The second kappa shape index (κ2) is 15.2. The number of halogens is 6. The third kappa shape index (κ3) is 8.74. The number of hydrogen-bond donors (Lipinski definition) is 1. The average molecular weight is 714 g/mol. The molecule has 0 radical (unpaired) electrons. The van der Waals surface area contributed by atoms with E-state index in [9.17, 15) is 41.0 Å². The summed E-state index contributed by atoms with van der Waals surface area (Å²) in [7, 11) is 0. The Balaban J connectivity index is 1.44. The van der Waals surface area contributed by atoms with Crippen molar-refractivity contribution < 1.29 is 45.8 Å². The van der Waals surface area contributed by atoms with E-state index in [0.717, 1.165) is 37.3 Å². The van der Waals surface area contributed by atoms with Crippen molar-refractivity contribution in [3.8, 4) is 0 Å². The van der Waals surface area contributed by atoms with Gasteiger partial charge < -0.3 is 24.5 Å². The lowest BCUT2D eigenvalue weighted by molar-refractivity contribution is -0.144. The van der Waals surface area contributed by atoms with E-state index in [0.29, 0.717) is 57.3 Å². The number of aromatic nitrogens is 2. The summed E-state index contributed by atoms with van der Waals surface area (Å²) < 4.78 is 88.8. The van der Waals surface area contributed by atoms with Crippen molar-refractivity contribution in [1.82, 2.24) is 14.9 Å². The van der Waals surface area contributed by atoms with Gasteiger partial charge in [-0.05, 0) is 87.5 Å². The molecule has 2 aliphatic heterocycles. The van der Waals surface area contributed by atoms with Gasteiger partial charge >= 0.3 is 24.4 Å². The number of carboxylic acids is 1. The van der Waals surface area contributed by atoms with Gasteiger partial charge in [-0.25, -0.2) is 14.8 Å². The lowest BCUT2D eigenvalue weighted by Gasteiger charge is -2.47. The maximum absolute atomic E-state index is 13.8. The lowest BCUT2D eigenvalue weighted by atomic mass is 9.87. The van der Waals surface area contributed by atoms with Crippen molar-refractivity contribution in [2.75, 3.05) is 22.9 Å². The first-order chi connectivity index (χ1) is 23.6. The smallest absolute Gasteiger partial charge is 0.416 e. The number of carboxylic acid groups (broad SMARTS) is 1. The van der Waals surface area contributed by atoms with Gasteiger partial charge in [0.1, 0.15) is 6.10 Å². The summed E-state index contributed by atoms with van der Waals surface area (Å²) in [6, 6.07) is 0.476. The van der Waals surface area contributed by atoms with Crippen LogP contribution in [0.25, 0.3) is 0 Å². The first-order valence-electron chi connectivity index (χ1n) is 17.4. The van der Waals surface area contributed by atoms with Crippen LogP contribution in [0.3, 0.4) is 0 Å². The van der Waals surface area contributed by atoms with Crippen LogP contribution in [-0.4, -0.2) is 69.4 Å². The molecule has 2 saturated heterocycles. The predicted octanol–water partition coefficient (Wildman–Crippen LogP) is 8.17. The molecular weight excluding hydrogens is 668 g/mol. The molecule has 4 atom stereocenters. The number of piperidine rings is 1. The molecule has 1 N–H and O–H groups in total. The Hall–Kier alpha value is -3.78. The van der Waals surface area contributed by atoms with Crippen LogP contribution in [0, 0.1) is 11.8 Å². The summed E-state index contributed by atoms with van der Waals surface area (Å²) in [4.78, 5) is 39.7. The van der Waals surface area contributed by atoms with Crippen molar-refractivity contribution in [1.29, 1.82) is 0 Å². The van der Waals surface area contributed by atoms with E-state index in [1.807, 2.05) is 13.8 Å². The molecule has 3 fully saturated rings. The van der Waals surface area contributed by atoms with E-state index in [1.165, 1.54) is 0 Å². The highest BCUT2D eigenvalue weighted by atomic mass is 19.4. The Labute approximate surface area is 288 Å². The topological polar surface area (TPSA) is 99.1 Å². The van der Waals surface area contributed by atoms with Crippen LogP contribution in [0.15, 0.2) is 30.6 Å². The monoisotopic (exact) mass is 713 g/mol. The van der Waals surface area contributed by atoms with Crippen LogP contribution in [0.1, 0.15) is 95.2 Å². The van der Waals surface area contributed by atoms with Crippen LogP contribution in [0.4, 0.5) is 42.8 Å². The maximum atomic E-state index is 13.8. The van der Waals surface area contributed by atoms with E-state index in [-0.39, 0.29) is 36.2 Å². The number of rotatable bonds is 9. The second-order valence-electron chi connectivity index (χ2n) is 14.0. The van der Waals surface area contributed by atoms with E-state index >= 15 is 0 Å². The normalized spacial score (nSPS) is 26.2. The highest BCUT2D eigenvalue weighted by molar-refractivity contribution is 5.70. The fraction of sp³-hybridized carbons (Fsp3) is 0.657. The molecule has 50 heavy (non-hydrogen) atoms. The number of nitrogens with zero attached hydrogens (tertiary/aromatic N) is 5. The van der Waals surface area contributed by atoms with Crippen molar-refractivity contribution in [3.63, 3.8) is 0 Å². The number of carbonyl (C=O) groups excluding carboxylic acids is 1. The van der Waals surface area contributed by atoms with E-state index in [4.69, 9.17) is 4.74 Å². The molecule has 3 heterocycles. The van der Waals surface area contributed by atoms with Gasteiger partial charge in [0, 0.05) is 37.8 Å². The molecule has 0 spiro atoms. The lowest BCUT2D eigenvalue weighted by Crippen LogP contribution is -2.57. The average Bonchev–Trinajstić information content (AvgIpc) is 3.52. The minimum absolute atomic E-state index is 0.120. The first-order valence-corrected chi connectivity index (χ1v) is 17.4. The fourth-order valence-electron chi connectivity index (χ4n) is 7.63. The van der Waals surface area contributed by atoms with Gasteiger partial charge in [-0.1, -0.05) is 20.8 Å². The summed E-state index contributed by atoms with van der Waals surface area (Å²) in [5, 5.41) is 9.33. The fourth-order valence-corrected chi connectivity index (χ4v) is 7.63. The molecule has 1 saturated carbocycles. The van der Waals surface area contributed by atoms with Crippen LogP contribution in [-0.2, 0) is 28.4 Å². The quantitative estimate of drug-likeness (QED) is 0.260. The van der Waals surface area contributed by atoms with Gasteiger partial charge in [0.25, 0.3) is 0 Å². The molecule has 2 aromatic rings. The Bertz CT molecular complexity index is 1440. The van der Waals surface area contributed by atoms with Gasteiger partial charge in [-0.15, -0.1) is 0 Å². The van der Waals surface area contributed by atoms with Crippen LogP contribution >= 0.6 is 0 Å². The minimum atomic E-state index is -5.00. The summed E-state index contributed by atoms with van der Waals surface area (Å²) >= 11 is 0. The third-order valence-electron chi connectivity index (χ3n) is 10.4. The van der Waals surface area contributed by atoms with Gasteiger partial charge in [0.2, 0.25) is 5.95 Å². The number of anilines is 2. The SMILES string of the molecule is CC[C@@H]1CC(N(Cc2cc(C(F)(F)F)cc(C(F)(F)F)c2)c2ncc(N3CC[C@H](C)C3)cn2)C[C@H](CC)N1C(=O)OC1CCC(C(=O)O)CC1. The molecule has 3 aliphatic rings. The van der Waals surface area contributed by atoms with E-state index in [1.54, 1.807) is 22.2 Å². The number of alkyl halides is 6. The highest BCUT2D eigenvalue weighted by Crippen LogP contribution is 2.39. The molecule has 1 amide bonds. The highest BCUT2D eigenvalue weighted by Gasteiger charge is 2.42. The van der Waals surface area contributed by atoms with Crippen molar-refractivity contribution >= 4 is 23.7 Å². The number of ether oxygens (including phenoxy) is 1. The molecule has 276 valence electrons. The summed E-state index contributed by atoms with van der Waals surface area (Å²) in [5.74, 6) is -0.656. The zero-order valence-corrected chi connectivity index (χ0v) is 28.5.